The molecule has 122 valence electrons. The van der Waals surface area contributed by atoms with Gasteiger partial charge in [0, 0.05) is 26.2 Å². The highest BCUT2D eigenvalue weighted by molar-refractivity contribution is 5.90. The summed E-state index contributed by atoms with van der Waals surface area (Å²) in [6.45, 7) is 8.39. The van der Waals surface area contributed by atoms with Crippen molar-refractivity contribution in [3.05, 3.63) is 24.3 Å². The van der Waals surface area contributed by atoms with Gasteiger partial charge in [-0.15, -0.1) is 0 Å². The number of piperidine rings is 1. The molecule has 0 radical (unpaired) electrons. The molecule has 1 aromatic rings. The topological polar surface area (TPSA) is 53.6 Å². The first kappa shape index (κ1) is 16.6. The molecular weight excluding hydrogens is 278 g/mol. The van der Waals surface area contributed by atoms with E-state index < -0.39 is 0 Å². The normalized spacial score (nSPS) is 22.1. The third-order valence-electron chi connectivity index (χ3n) is 4.01. The van der Waals surface area contributed by atoms with Crippen LogP contribution >= 0.6 is 0 Å². The molecule has 2 atom stereocenters. The summed E-state index contributed by atoms with van der Waals surface area (Å²) in [5.41, 5.74) is 0.683. The Morgan fingerprint density at radius 2 is 1.95 bits per heavy atom. The van der Waals surface area contributed by atoms with Crippen LogP contribution < -0.4 is 15.4 Å². The number of carbonyl (C=O) groups excluding carboxylic acids is 1. The summed E-state index contributed by atoms with van der Waals surface area (Å²) in [7, 11) is 1.59. The fourth-order valence-electron chi connectivity index (χ4n) is 3.22. The number of carbonyl (C=O) groups is 1. The fraction of sp³-hybridized carbons (Fsp3) is 0.588. The van der Waals surface area contributed by atoms with Crippen molar-refractivity contribution >= 4 is 11.7 Å². The molecule has 0 bridgehead atoms. The van der Waals surface area contributed by atoms with Crippen molar-refractivity contribution in [2.75, 3.05) is 38.6 Å². The van der Waals surface area contributed by atoms with E-state index in [2.05, 4.69) is 29.4 Å². The number of ether oxygens (including phenoxy) is 1. The van der Waals surface area contributed by atoms with E-state index in [1.54, 1.807) is 7.11 Å². The summed E-state index contributed by atoms with van der Waals surface area (Å²) in [6, 6.07) is 7.20. The second-order valence-electron chi connectivity index (χ2n) is 6.29. The molecule has 1 aromatic carbocycles. The SMILES string of the molecule is COc1ccccc1NC(=O)NCCN1C[C@@H](C)C[C@H](C)C1. The highest BCUT2D eigenvalue weighted by Crippen LogP contribution is 2.23. The monoisotopic (exact) mass is 305 g/mol. The predicted molar refractivity (Wildman–Crippen MR) is 89.4 cm³/mol. The maximum absolute atomic E-state index is 12.0. The second kappa shape index (κ2) is 8.03. The first-order chi connectivity index (χ1) is 10.6. The van der Waals surface area contributed by atoms with Crippen LogP contribution in [0.5, 0.6) is 5.75 Å². The maximum Gasteiger partial charge on any atom is 0.319 e. The molecule has 2 amide bonds. The van der Waals surface area contributed by atoms with Gasteiger partial charge in [0.2, 0.25) is 0 Å². The van der Waals surface area contributed by atoms with Crippen molar-refractivity contribution in [1.29, 1.82) is 0 Å². The minimum Gasteiger partial charge on any atom is -0.495 e. The summed E-state index contributed by atoms with van der Waals surface area (Å²) in [4.78, 5) is 14.4. The first-order valence-electron chi connectivity index (χ1n) is 7.98. The van der Waals surface area contributed by atoms with Gasteiger partial charge in [-0.05, 0) is 30.4 Å². The van der Waals surface area contributed by atoms with E-state index >= 15 is 0 Å². The smallest absolute Gasteiger partial charge is 0.319 e. The van der Waals surface area contributed by atoms with Crippen molar-refractivity contribution in [2.24, 2.45) is 11.8 Å². The van der Waals surface area contributed by atoms with Crippen LogP contribution in [0.4, 0.5) is 10.5 Å². The Morgan fingerprint density at radius 1 is 1.27 bits per heavy atom. The van der Waals surface area contributed by atoms with Gasteiger partial charge in [0.15, 0.2) is 0 Å². The lowest BCUT2D eigenvalue weighted by atomic mass is 9.92. The second-order valence-corrected chi connectivity index (χ2v) is 6.29. The van der Waals surface area contributed by atoms with Gasteiger partial charge in [-0.3, -0.25) is 0 Å². The lowest BCUT2D eigenvalue weighted by molar-refractivity contribution is 0.142. The molecule has 5 nitrogen and oxygen atoms in total. The van der Waals surface area contributed by atoms with E-state index in [0.29, 0.717) is 18.0 Å². The van der Waals surface area contributed by atoms with Crippen LogP contribution in [-0.4, -0.2) is 44.2 Å². The van der Waals surface area contributed by atoms with E-state index in [9.17, 15) is 4.79 Å². The number of amides is 2. The average molecular weight is 305 g/mol. The molecule has 1 heterocycles. The Balaban J connectivity index is 1.74. The lowest BCUT2D eigenvalue weighted by Gasteiger charge is -2.34. The Morgan fingerprint density at radius 3 is 2.64 bits per heavy atom. The molecular formula is C17H27N3O2. The zero-order valence-corrected chi connectivity index (χ0v) is 13.8. The van der Waals surface area contributed by atoms with Crippen LogP contribution in [0.2, 0.25) is 0 Å². The third-order valence-corrected chi connectivity index (χ3v) is 4.01. The van der Waals surface area contributed by atoms with Crippen molar-refractivity contribution in [2.45, 2.75) is 20.3 Å². The van der Waals surface area contributed by atoms with Gasteiger partial charge in [-0.25, -0.2) is 4.79 Å². The number of hydrogen-bond donors (Lipinski definition) is 2. The molecule has 1 fully saturated rings. The van der Waals surface area contributed by atoms with Crippen molar-refractivity contribution in [1.82, 2.24) is 10.2 Å². The van der Waals surface area contributed by atoms with Crippen LogP contribution in [0.15, 0.2) is 24.3 Å². The van der Waals surface area contributed by atoms with Gasteiger partial charge in [0.05, 0.1) is 12.8 Å². The lowest BCUT2D eigenvalue weighted by Crippen LogP contribution is -2.43. The van der Waals surface area contributed by atoms with E-state index in [1.807, 2.05) is 24.3 Å². The van der Waals surface area contributed by atoms with Crippen molar-refractivity contribution in [3.63, 3.8) is 0 Å². The molecule has 0 aromatic heterocycles. The molecule has 0 unspecified atom stereocenters. The van der Waals surface area contributed by atoms with Crippen molar-refractivity contribution in [3.8, 4) is 5.75 Å². The zero-order valence-electron chi connectivity index (χ0n) is 13.8. The van der Waals surface area contributed by atoms with Gasteiger partial charge in [-0.1, -0.05) is 26.0 Å². The van der Waals surface area contributed by atoms with E-state index in [4.69, 9.17) is 4.74 Å². The molecule has 0 spiro atoms. The number of anilines is 1. The Kier molecular flexibility index (Phi) is 6.07. The number of methoxy groups -OCH3 is 1. The van der Waals surface area contributed by atoms with Crippen LogP contribution in [0, 0.1) is 11.8 Å². The summed E-state index contributed by atoms with van der Waals surface area (Å²) in [5, 5.41) is 5.74. The van der Waals surface area contributed by atoms with Crippen LogP contribution in [-0.2, 0) is 0 Å². The number of nitrogens with one attached hydrogen (secondary N) is 2. The molecule has 1 saturated heterocycles. The first-order valence-corrected chi connectivity index (χ1v) is 7.98. The number of likely N-dealkylation sites (tertiary alicyclic amines) is 1. The number of para-hydroxylation sites is 2. The average Bonchev–Trinajstić information content (AvgIpc) is 2.46. The molecule has 2 N–H and O–H groups in total. The Labute approximate surface area is 133 Å². The van der Waals surface area contributed by atoms with Gasteiger partial charge in [0.1, 0.15) is 5.75 Å². The summed E-state index contributed by atoms with van der Waals surface area (Å²) in [6.07, 6.45) is 1.30. The quantitative estimate of drug-likeness (QED) is 0.879. The van der Waals surface area contributed by atoms with Crippen LogP contribution in [0.3, 0.4) is 0 Å². The number of urea groups is 1. The highest BCUT2D eigenvalue weighted by atomic mass is 16.5. The van der Waals surface area contributed by atoms with Crippen molar-refractivity contribution < 1.29 is 9.53 Å². The number of benzene rings is 1. The van der Waals surface area contributed by atoms with E-state index in [-0.39, 0.29) is 6.03 Å². The van der Waals surface area contributed by atoms with E-state index in [0.717, 1.165) is 31.5 Å². The predicted octanol–water partition coefficient (Wildman–Crippen LogP) is 2.79. The maximum atomic E-state index is 12.0. The number of hydrogen-bond acceptors (Lipinski definition) is 3. The Hall–Kier alpha value is -1.75. The number of nitrogens with zero attached hydrogens (tertiary/aromatic N) is 1. The molecule has 22 heavy (non-hydrogen) atoms. The largest absolute Gasteiger partial charge is 0.495 e. The molecule has 2 rings (SSSR count). The third kappa shape index (κ3) is 4.91. The molecule has 5 heteroatoms. The van der Waals surface area contributed by atoms with E-state index in [1.165, 1.54) is 6.42 Å². The van der Waals surface area contributed by atoms with Gasteiger partial charge in [-0.2, -0.15) is 0 Å². The van der Waals surface area contributed by atoms with Crippen LogP contribution in [0.1, 0.15) is 20.3 Å². The molecule has 0 saturated carbocycles. The summed E-state index contributed by atoms with van der Waals surface area (Å²) >= 11 is 0. The van der Waals surface area contributed by atoms with Crippen LogP contribution in [0.25, 0.3) is 0 Å². The Bertz CT molecular complexity index is 483. The highest BCUT2D eigenvalue weighted by Gasteiger charge is 2.21. The zero-order chi connectivity index (χ0) is 15.9. The minimum absolute atomic E-state index is 0.192. The number of rotatable bonds is 5. The van der Waals surface area contributed by atoms with Gasteiger partial charge < -0.3 is 20.3 Å². The minimum atomic E-state index is -0.192. The fourth-order valence-corrected chi connectivity index (χ4v) is 3.22. The van der Waals surface area contributed by atoms with Gasteiger partial charge >= 0.3 is 6.03 Å². The summed E-state index contributed by atoms with van der Waals surface area (Å²) in [5.74, 6) is 2.15. The standard InChI is InChI=1S/C17H27N3O2/c1-13-10-14(2)12-20(11-13)9-8-18-17(21)19-15-6-4-5-7-16(15)22-3/h4-7,13-14H,8-12H2,1-3H3,(H2,18,19,21)/t13-,14-/m0/s1. The summed E-state index contributed by atoms with van der Waals surface area (Å²) < 4.78 is 5.22. The molecule has 1 aliphatic heterocycles. The van der Waals surface area contributed by atoms with Gasteiger partial charge in [0.25, 0.3) is 0 Å². The molecule has 1 aliphatic rings. The molecule has 0 aliphatic carbocycles.